The molecule has 1 aliphatic rings. The molecule has 1 aromatic rings. The molecule has 6 N–H and O–H groups in total. The number of primary amides is 1. The highest BCUT2D eigenvalue weighted by molar-refractivity contribution is 6.00. The molecule has 0 atom stereocenters. The Bertz CT molecular complexity index is 451. The van der Waals surface area contributed by atoms with E-state index >= 15 is 0 Å². The lowest BCUT2D eigenvalue weighted by Crippen LogP contribution is -2.37. The minimum atomic E-state index is -0.690. The number of nitrogens with two attached hydrogens (primary N) is 2. The van der Waals surface area contributed by atoms with Crippen molar-refractivity contribution in [2.45, 2.75) is 18.4 Å². The van der Waals surface area contributed by atoms with Crippen molar-refractivity contribution in [1.29, 1.82) is 0 Å². The van der Waals surface area contributed by atoms with Crippen molar-refractivity contribution in [3.63, 3.8) is 0 Å². The highest BCUT2D eigenvalue weighted by atomic mass is 16.2. The third-order valence-electron chi connectivity index (χ3n) is 2.65. The summed E-state index contributed by atoms with van der Waals surface area (Å²) in [7, 11) is 0. The van der Waals surface area contributed by atoms with E-state index in [9.17, 15) is 9.59 Å². The molecule has 1 saturated carbocycles. The van der Waals surface area contributed by atoms with E-state index in [0.717, 1.165) is 12.8 Å². The maximum Gasteiger partial charge on any atom is 0.316 e. The number of nitrogens with one attached hydrogen (secondary N) is 2. The van der Waals surface area contributed by atoms with Crippen molar-refractivity contribution >= 4 is 23.3 Å². The van der Waals surface area contributed by atoms with Crippen LogP contribution >= 0.6 is 0 Å². The molecule has 3 amide bonds. The quantitative estimate of drug-likeness (QED) is 0.614. The molecule has 0 spiro atoms. The lowest BCUT2D eigenvalue weighted by molar-refractivity contribution is -0.118. The van der Waals surface area contributed by atoms with Crippen LogP contribution in [0.25, 0.3) is 0 Å². The molecule has 0 bridgehead atoms. The summed E-state index contributed by atoms with van der Waals surface area (Å²) in [6, 6.07) is 6.03. The van der Waals surface area contributed by atoms with Gasteiger partial charge < -0.3 is 22.1 Å². The van der Waals surface area contributed by atoms with Crippen LogP contribution in [0.4, 0.5) is 16.2 Å². The summed E-state index contributed by atoms with van der Waals surface area (Å²) in [6.07, 6.45) is 1.44. The second kappa shape index (κ2) is 4.06. The first kappa shape index (κ1) is 11.4. The number of hydrogen-bond donors (Lipinski definition) is 4. The number of carbonyl (C=O) groups is 2. The summed E-state index contributed by atoms with van der Waals surface area (Å²) >= 11 is 0. The average Bonchev–Trinajstić information content (AvgIpc) is 3.00. The Labute approximate surface area is 98.4 Å². The molecule has 17 heavy (non-hydrogen) atoms. The predicted molar refractivity (Wildman–Crippen MR) is 64.4 cm³/mol. The second-order valence-electron chi connectivity index (χ2n) is 4.18. The molecule has 90 valence electrons. The molecule has 6 nitrogen and oxygen atoms in total. The standard InChI is InChI=1S/C11H14N4O2/c12-10(17)15-8-3-1-7(2-4-8)14-9(16)11(13)5-6-11/h1-4H,5-6,13H2,(H,14,16)(H3,12,15,17). The van der Waals surface area contributed by atoms with Crippen molar-refractivity contribution in [3.05, 3.63) is 24.3 Å². The monoisotopic (exact) mass is 234 g/mol. The second-order valence-corrected chi connectivity index (χ2v) is 4.18. The van der Waals surface area contributed by atoms with E-state index in [0.29, 0.717) is 11.4 Å². The molecule has 1 fully saturated rings. The molecular weight excluding hydrogens is 220 g/mol. The molecule has 1 aromatic carbocycles. The van der Waals surface area contributed by atoms with Crippen LogP contribution < -0.4 is 22.1 Å². The Kier molecular flexibility index (Phi) is 2.72. The molecule has 0 heterocycles. The van der Waals surface area contributed by atoms with Gasteiger partial charge in [-0.1, -0.05) is 0 Å². The van der Waals surface area contributed by atoms with Crippen LogP contribution in [0.3, 0.4) is 0 Å². The fourth-order valence-corrected chi connectivity index (χ4v) is 1.40. The van der Waals surface area contributed by atoms with Crippen LogP contribution in [0.2, 0.25) is 0 Å². The Hall–Kier alpha value is -2.08. The van der Waals surface area contributed by atoms with E-state index in [1.165, 1.54) is 0 Å². The molecule has 0 unspecified atom stereocenters. The van der Waals surface area contributed by atoms with Gasteiger partial charge in [0.2, 0.25) is 5.91 Å². The molecule has 6 heteroatoms. The number of amides is 3. The molecule has 1 aliphatic carbocycles. The van der Waals surface area contributed by atoms with Gasteiger partial charge in [0.1, 0.15) is 0 Å². The third-order valence-corrected chi connectivity index (χ3v) is 2.65. The van der Waals surface area contributed by atoms with Crippen LogP contribution in [-0.4, -0.2) is 17.5 Å². The number of urea groups is 1. The van der Waals surface area contributed by atoms with Crippen LogP contribution in [0.1, 0.15) is 12.8 Å². The van der Waals surface area contributed by atoms with Gasteiger partial charge in [0.05, 0.1) is 5.54 Å². The number of hydrogen-bond acceptors (Lipinski definition) is 3. The van der Waals surface area contributed by atoms with Gasteiger partial charge in [-0.15, -0.1) is 0 Å². The largest absolute Gasteiger partial charge is 0.351 e. The van der Waals surface area contributed by atoms with E-state index in [1.54, 1.807) is 24.3 Å². The lowest BCUT2D eigenvalue weighted by Gasteiger charge is -2.10. The van der Waals surface area contributed by atoms with E-state index in [4.69, 9.17) is 11.5 Å². The van der Waals surface area contributed by atoms with Crippen LogP contribution in [0, 0.1) is 0 Å². The smallest absolute Gasteiger partial charge is 0.316 e. The molecule has 0 aliphatic heterocycles. The average molecular weight is 234 g/mol. The van der Waals surface area contributed by atoms with Gasteiger partial charge in [0.25, 0.3) is 0 Å². The summed E-state index contributed by atoms with van der Waals surface area (Å²) in [4.78, 5) is 22.2. The number of anilines is 2. The van der Waals surface area contributed by atoms with Crippen LogP contribution in [0.15, 0.2) is 24.3 Å². The summed E-state index contributed by atoms with van der Waals surface area (Å²) in [5.41, 5.74) is 11.2. The fourth-order valence-electron chi connectivity index (χ4n) is 1.40. The minimum Gasteiger partial charge on any atom is -0.351 e. The lowest BCUT2D eigenvalue weighted by atomic mass is 10.2. The Morgan fingerprint density at radius 1 is 1.06 bits per heavy atom. The normalized spacial score (nSPS) is 16.1. The van der Waals surface area contributed by atoms with E-state index in [2.05, 4.69) is 10.6 Å². The number of rotatable bonds is 3. The van der Waals surface area contributed by atoms with Gasteiger partial charge in [0.15, 0.2) is 0 Å². The topological polar surface area (TPSA) is 110 Å². The third kappa shape index (κ3) is 2.73. The maximum atomic E-state index is 11.6. The first-order chi connectivity index (χ1) is 7.99. The summed E-state index contributed by atoms with van der Waals surface area (Å²) in [5, 5.41) is 5.15. The van der Waals surface area contributed by atoms with E-state index < -0.39 is 11.6 Å². The van der Waals surface area contributed by atoms with Gasteiger partial charge in [-0.2, -0.15) is 0 Å². The predicted octanol–water partition coefficient (Wildman–Crippen LogP) is 0.607. The van der Waals surface area contributed by atoms with E-state index in [-0.39, 0.29) is 5.91 Å². The summed E-state index contributed by atoms with van der Waals surface area (Å²) in [6.45, 7) is 0. The Balaban J connectivity index is 1.98. The SMILES string of the molecule is NC(=O)Nc1ccc(NC(=O)C2(N)CC2)cc1. The molecular formula is C11H14N4O2. The Morgan fingerprint density at radius 2 is 1.53 bits per heavy atom. The highest BCUT2D eigenvalue weighted by Gasteiger charge is 2.45. The van der Waals surface area contributed by atoms with E-state index in [1.807, 2.05) is 0 Å². The molecule has 0 saturated heterocycles. The van der Waals surface area contributed by atoms with Crippen molar-refractivity contribution in [1.82, 2.24) is 0 Å². The first-order valence-electron chi connectivity index (χ1n) is 5.26. The van der Waals surface area contributed by atoms with Crippen molar-refractivity contribution in [2.24, 2.45) is 11.5 Å². The fraction of sp³-hybridized carbons (Fsp3) is 0.273. The van der Waals surface area contributed by atoms with Crippen LogP contribution in [0.5, 0.6) is 0 Å². The van der Waals surface area contributed by atoms with Gasteiger partial charge in [-0.25, -0.2) is 4.79 Å². The first-order valence-corrected chi connectivity index (χ1v) is 5.26. The zero-order valence-corrected chi connectivity index (χ0v) is 9.19. The van der Waals surface area contributed by atoms with Gasteiger partial charge in [0, 0.05) is 11.4 Å². The highest BCUT2D eigenvalue weighted by Crippen LogP contribution is 2.33. The van der Waals surface area contributed by atoms with Gasteiger partial charge >= 0.3 is 6.03 Å². The number of benzene rings is 1. The molecule has 0 radical (unpaired) electrons. The maximum absolute atomic E-state index is 11.6. The van der Waals surface area contributed by atoms with Crippen LogP contribution in [-0.2, 0) is 4.79 Å². The molecule has 0 aromatic heterocycles. The van der Waals surface area contributed by atoms with Crippen molar-refractivity contribution in [2.75, 3.05) is 10.6 Å². The van der Waals surface area contributed by atoms with Gasteiger partial charge in [-0.05, 0) is 37.1 Å². The van der Waals surface area contributed by atoms with Crippen molar-refractivity contribution in [3.8, 4) is 0 Å². The number of carbonyl (C=O) groups excluding carboxylic acids is 2. The zero-order valence-electron chi connectivity index (χ0n) is 9.19. The summed E-state index contributed by atoms with van der Waals surface area (Å²) in [5.74, 6) is -0.173. The minimum absolute atomic E-state index is 0.173. The van der Waals surface area contributed by atoms with Crippen molar-refractivity contribution < 1.29 is 9.59 Å². The molecule has 2 rings (SSSR count). The Morgan fingerprint density at radius 3 is 1.94 bits per heavy atom. The summed E-state index contributed by atoms with van der Waals surface area (Å²) < 4.78 is 0. The zero-order chi connectivity index (χ0) is 12.5. The van der Waals surface area contributed by atoms with Gasteiger partial charge in [-0.3, -0.25) is 4.79 Å².